The van der Waals surface area contributed by atoms with Gasteiger partial charge in [-0.05, 0) is 54.6 Å². The molecule has 14 heteroatoms. The van der Waals surface area contributed by atoms with Gasteiger partial charge in [-0.2, -0.15) is 0 Å². The van der Waals surface area contributed by atoms with E-state index in [1.807, 2.05) is 5.32 Å². The number of ether oxygens (including phenoxy) is 1. The molecular weight excluding hydrogens is 572 g/mol. The number of anilines is 2. The topological polar surface area (TPSA) is 139 Å². The molecule has 3 N–H and O–H groups in total. The predicted molar refractivity (Wildman–Crippen MR) is 136 cm³/mol. The molecule has 0 spiro atoms. The number of carboxylic acids is 1. The summed E-state index contributed by atoms with van der Waals surface area (Å²) in [5.41, 5.74) is -3.49. The lowest BCUT2D eigenvalue weighted by molar-refractivity contribution is 0.0684. The van der Waals surface area contributed by atoms with Gasteiger partial charge >= 0.3 is 12.1 Å². The highest BCUT2D eigenvalue weighted by molar-refractivity contribution is 7.91. The Labute approximate surface area is 228 Å². The highest BCUT2D eigenvalue weighted by Gasteiger charge is 2.33. The van der Waals surface area contributed by atoms with E-state index in [-0.39, 0.29) is 26.9 Å². The van der Waals surface area contributed by atoms with Crippen LogP contribution in [0.25, 0.3) is 0 Å². The van der Waals surface area contributed by atoms with Gasteiger partial charge in [0.25, 0.3) is 5.91 Å². The fourth-order valence-electron chi connectivity index (χ4n) is 3.57. The van der Waals surface area contributed by atoms with Gasteiger partial charge in [0, 0.05) is 11.4 Å². The normalized spacial score (nSPS) is 11.0. The van der Waals surface area contributed by atoms with Gasteiger partial charge < -0.3 is 15.2 Å². The number of halogens is 4. The zero-order valence-electron chi connectivity index (χ0n) is 20.3. The van der Waals surface area contributed by atoms with Gasteiger partial charge in [-0.25, -0.2) is 35.6 Å². The molecule has 0 atom stereocenters. The van der Waals surface area contributed by atoms with E-state index in [4.69, 9.17) is 9.84 Å². The van der Waals surface area contributed by atoms with Crippen molar-refractivity contribution in [2.45, 2.75) is 9.79 Å². The largest absolute Gasteiger partial charge is 0.478 e. The number of benzene rings is 4. The molecule has 4 aromatic rings. The number of aromatic carboxylic acids is 1. The third kappa shape index (κ3) is 6.01. The molecule has 0 heterocycles. The Balaban J connectivity index is 1.55. The zero-order valence-corrected chi connectivity index (χ0v) is 21.1. The van der Waals surface area contributed by atoms with E-state index in [2.05, 4.69) is 5.32 Å². The van der Waals surface area contributed by atoms with E-state index < -0.39 is 62.2 Å². The molecule has 210 valence electrons. The number of hydrogen-bond donors (Lipinski definition) is 3. The Morgan fingerprint density at radius 3 is 1.88 bits per heavy atom. The summed E-state index contributed by atoms with van der Waals surface area (Å²) in [5.74, 6) is -13.0. The van der Waals surface area contributed by atoms with Gasteiger partial charge in [0.15, 0.2) is 23.3 Å². The average Bonchev–Trinajstić information content (AvgIpc) is 2.94. The summed E-state index contributed by atoms with van der Waals surface area (Å²) in [7, 11) is -4.24. The van der Waals surface area contributed by atoms with Crippen LogP contribution in [0.5, 0.6) is 5.75 Å². The molecule has 2 amide bonds. The van der Waals surface area contributed by atoms with E-state index in [9.17, 15) is 40.4 Å². The first-order valence-electron chi connectivity index (χ1n) is 11.3. The van der Waals surface area contributed by atoms with E-state index in [1.165, 1.54) is 30.3 Å². The van der Waals surface area contributed by atoms with Gasteiger partial charge in [0.05, 0.1) is 15.4 Å². The molecule has 0 saturated carbocycles. The van der Waals surface area contributed by atoms with Crippen molar-refractivity contribution in [1.82, 2.24) is 0 Å². The maximum Gasteiger partial charge on any atom is 0.417 e. The van der Waals surface area contributed by atoms with Crippen LogP contribution in [0.4, 0.5) is 33.7 Å². The van der Waals surface area contributed by atoms with E-state index in [0.717, 1.165) is 18.2 Å². The number of hydrogen-bond acceptors (Lipinski definition) is 6. The Bertz CT molecular complexity index is 1780. The van der Waals surface area contributed by atoms with Crippen LogP contribution in [0.1, 0.15) is 20.7 Å². The number of amides is 2. The highest BCUT2D eigenvalue weighted by atomic mass is 32.2. The Hall–Kier alpha value is -5.24. The molecule has 0 saturated heterocycles. The fourth-order valence-corrected chi connectivity index (χ4v) is 4.88. The second kappa shape index (κ2) is 11.5. The molecule has 41 heavy (non-hydrogen) atoms. The predicted octanol–water partition coefficient (Wildman–Crippen LogP) is 5.64. The average molecular weight is 588 g/mol. The minimum absolute atomic E-state index is 0.209. The van der Waals surface area contributed by atoms with Crippen LogP contribution in [-0.4, -0.2) is 31.5 Å². The lowest BCUT2D eigenvalue weighted by atomic mass is 10.0. The smallest absolute Gasteiger partial charge is 0.417 e. The number of carbonyl (C=O) groups is 3. The summed E-state index contributed by atoms with van der Waals surface area (Å²) in [6.45, 7) is 0. The van der Waals surface area contributed by atoms with Crippen LogP contribution in [0.2, 0.25) is 0 Å². The third-order valence-corrected chi connectivity index (χ3v) is 7.24. The van der Waals surface area contributed by atoms with Crippen molar-refractivity contribution in [2.75, 3.05) is 10.6 Å². The van der Waals surface area contributed by atoms with Crippen molar-refractivity contribution in [2.24, 2.45) is 0 Å². The molecule has 0 aromatic heterocycles. The number of para-hydroxylation sites is 1. The van der Waals surface area contributed by atoms with E-state index >= 15 is 0 Å². The number of nitrogens with one attached hydrogen (secondary N) is 2. The van der Waals surface area contributed by atoms with Crippen LogP contribution in [0.3, 0.4) is 0 Å². The Morgan fingerprint density at radius 2 is 1.27 bits per heavy atom. The first-order chi connectivity index (χ1) is 19.4. The molecule has 0 aliphatic rings. The molecular formula is C27H16F4N2O7S. The van der Waals surface area contributed by atoms with Gasteiger partial charge in [-0.15, -0.1) is 0 Å². The second-order valence-electron chi connectivity index (χ2n) is 8.15. The van der Waals surface area contributed by atoms with Crippen molar-refractivity contribution in [1.29, 1.82) is 0 Å². The summed E-state index contributed by atoms with van der Waals surface area (Å²) in [6, 6.07) is 17.5. The summed E-state index contributed by atoms with van der Waals surface area (Å²) < 4.78 is 86.9. The first kappa shape index (κ1) is 28.8. The van der Waals surface area contributed by atoms with Crippen LogP contribution >= 0.6 is 0 Å². The number of sulfone groups is 1. The molecule has 0 radical (unpaired) electrons. The quantitative estimate of drug-likeness (QED) is 0.144. The van der Waals surface area contributed by atoms with Crippen LogP contribution in [0, 0.1) is 23.3 Å². The molecule has 0 fully saturated rings. The fraction of sp³-hybridized carbons (Fsp3) is 0. The molecule has 0 unspecified atom stereocenters. The zero-order chi connectivity index (χ0) is 29.9. The number of carbonyl (C=O) groups excluding carboxylic acids is 2. The number of rotatable bonds is 7. The van der Waals surface area contributed by atoms with Crippen molar-refractivity contribution < 1.29 is 50.2 Å². The Morgan fingerprint density at radius 1 is 0.659 bits per heavy atom. The van der Waals surface area contributed by atoms with Gasteiger partial charge in [0.2, 0.25) is 9.84 Å². The molecule has 4 aromatic carbocycles. The lowest BCUT2D eigenvalue weighted by Crippen LogP contribution is -2.22. The van der Waals surface area contributed by atoms with Gasteiger partial charge in [-0.1, -0.05) is 24.3 Å². The summed E-state index contributed by atoms with van der Waals surface area (Å²) in [5, 5.41) is 13.5. The SMILES string of the molecule is O=C(Nc1ccc(S(=O)(=O)c2cccc(NC(=O)c3c(F)c(F)c(F)c(F)c3C(=O)O)c2)cc1)Oc1ccccc1. The maximum atomic E-state index is 14.3. The highest BCUT2D eigenvalue weighted by Crippen LogP contribution is 2.28. The molecule has 0 bridgehead atoms. The third-order valence-electron chi connectivity index (χ3n) is 5.48. The van der Waals surface area contributed by atoms with Crippen molar-refractivity contribution in [3.63, 3.8) is 0 Å². The van der Waals surface area contributed by atoms with Gasteiger partial charge in [-0.3, -0.25) is 10.1 Å². The Kier molecular flexibility index (Phi) is 8.05. The summed E-state index contributed by atoms with van der Waals surface area (Å²) in [4.78, 5) is 35.4. The number of carboxylic acid groups (broad SMARTS) is 1. The molecule has 9 nitrogen and oxygen atoms in total. The van der Waals surface area contributed by atoms with Crippen molar-refractivity contribution >= 4 is 39.2 Å². The summed E-state index contributed by atoms with van der Waals surface area (Å²) >= 11 is 0. The van der Waals surface area contributed by atoms with Gasteiger partial charge in [0.1, 0.15) is 11.3 Å². The lowest BCUT2D eigenvalue weighted by Gasteiger charge is -2.12. The minimum atomic E-state index is -4.24. The monoisotopic (exact) mass is 588 g/mol. The standard InChI is InChI=1S/C27H16F4N2O7S/c28-21-19(20(26(35)36)22(29)24(31)23(21)30)25(34)32-15-5-4-8-18(13-15)41(38,39)17-11-9-14(10-12-17)33-27(37)40-16-6-2-1-3-7-16/h1-13H,(H,32,34)(H,33,37)(H,35,36). The van der Waals surface area contributed by atoms with Crippen LogP contribution < -0.4 is 15.4 Å². The van der Waals surface area contributed by atoms with Crippen LogP contribution in [0.15, 0.2) is 88.7 Å². The molecule has 4 rings (SSSR count). The van der Waals surface area contributed by atoms with Crippen LogP contribution in [-0.2, 0) is 9.84 Å². The maximum absolute atomic E-state index is 14.3. The summed E-state index contributed by atoms with van der Waals surface area (Å²) in [6.07, 6.45) is -0.821. The molecule has 0 aliphatic carbocycles. The second-order valence-corrected chi connectivity index (χ2v) is 10.1. The van der Waals surface area contributed by atoms with Crippen molar-refractivity contribution in [3.8, 4) is 5.75 Å². The van der Waals surface area contributed by atoms with Crippen molar-refractivity contribution in [3.05, 3.63) is 113 Å². The van der Waals surface area contributed by atoms with E-state index in [0.29, 0.717) is 0 Å². The minimum Gasteiger partial charge on any atom is -0.478 e. The molecule has 0 aliphatic heterocycles. The van der Waals surface area contributed by atoms with E-state index in [1.54, 1.807) is 30.3 Å². The first-order valence-corrected chi connectivity index (χ1v) is 12.8.